The molecule has 0 heterocycles. The second kappa shape index (κ2) is 9.14. The van der Waals surface area contributed by atoms with Gasteiger partial charge in [-0.25, -0.2) is 4.79 Å². The van der Waals surface area contributed by atoms with Crippen molar-refractivity contribution in [3.05, 3.63) is 24.3 Å². The van der Waals surface area contributed by atoms with Crippen molar-refractivity contribution in [1.29, 1.82) is 0 Å². The van der Waals surface area contributed by atoms with Crippen LogP contribution in [-0.4, -0.2) is 18.7 Å². The topological polar surface area (TPSA) is 38.3 Å². The number of carbonyl (C=O) groups is 1. The van der Waals surface area contributed by atoms with Crippen molar-refractivity contribution in [2.75, 3.05) is 6.54 Å². The Kier molecular flexibility index (Phi) is 7.19. The standard InChI is InChI=1S/C20H33NO2/c1-15(2)18-12-11-16(3)14-19(18)23-20(22)21-13-7-10-17-8-5-4-6-9-17/h4-5,7,10,15-19H,6,8-9,11-14H2,1-3H3,(H,21,22)/b10-7+. The van der Waals surface area contributed by atoms with Crippen LogP contribution < -0.4 is 5.32 Å². The Bertz CT molecular complexity index is 427. The molecule has 0 radical (unpaired) electrons. The third-order valence-electron chi connectivity index (χ3n) is 5.30. The maximum Gasteiger partial charge on any atom is 0.407 e. The van der Waals surface area contributed by atoms with Crippen LogP contribution in [0.5, 0.6) is 0 Å². The van der Waals surface area contributed by atoms with Crippen LogP contribution in [0.1, 0.15) is 59.3 Å². The van der Waals surface area contributed by atoms with E-state index >= 15 is 0 Å². The van der Waals surface area contributed by atoms with E-state index in [1.165, 1.54) is 25.7 Å². The number of nitrogens with one attached hydrogen (secondary N) is 1. The molecule has 0 aromatic rings. The van der Waals surface area contributed by atoms with Gasteiger partial charge >= 0.3 is 6.09 Å². The van der Waals surface area contributed by atoms with Crippen LogP contribution in [-0.2, 0) is 4.74 Å². The highest BCUT2D eigenvalue weighted by Crippen LogP contribution is 2.35. The van der Waals surface area contributed by atoms with Crippen LogP contribution in [0.25, 0.3) is 0 Å². The lowest BCUT2D eigenvalue weighted by Gasteiger charge is -2.36. The van der Waals surface area contributed by atoms with Gasteiger partial charge in [-0.05, 0) is 55.8 Å². The van der Waals surface area contributed by atoms with E-state index in [9.17, 15) is 4.79 Å². The van der Waals surface area contributed by atoms with E-state index in [0.717, 1.165) is 12.8 Å². The van der Waals surface area contributed by atoms with Gasteiger partial charge in [0.2, 0.25) is 0 Å². The van der Waals surface area contributed by atoms with Gasteiger partial charge in [0.15, 0.2) is 0 Å². The Morgan fingerprint density at radius 3 is 2.83 bits per heavy atom. The van der Waals surface area contributed by atoms with Gasteiger partial charge in [-0.15, -0.1) is 0 Å². The maximum absolute atomic E-state index is 12.1. The van der Waals surface area contributed by atoms with Crippen molar-refractivity contribution in [2.45, 2.75) is 65.4 Å². The molecule has 1 fully saturated rings. The lowest BCUT2D eigenvalue weighted by Crippen LogP contribution is -2.38. The van der Waals surface area contributed by atoms with E-state index in [-0.39, 0.29) is 12.2 Å². The minimum absolute atomic E-state index is 0.0752. The number of alkyl carbamates (subject to hydrolysis) is 1. The van der Waals surface area contributed by atoms with Gasteiger partial charge < -0.3 is 10.1 Å². The van der Waals surface area contributed by atoms with Gasteiger partial charge in [0.1, 0.15) is 6.10 Å². The summed E-state index contributed by atoms with van der Waals surface area (Å²) in [6.07, 6.45) is 15.5. The minimum Gasteiger partial charge on any atom is -0.446 e. The molecular weight excluding hydrogens is 286 g/mol. The molecule has 0 aromatic carbocycles. The highest BCUT2D eigenvalue weighted by atomic mass is 16.6. The number of ether oxygens (including phenoxy) is 1. The first-order valence-corrected chi connectivity index (χ1v) is 9.32. The van der Waals surface area contributed by atoms with Crippen LogP contribution >= 0.6 is 0 Å². The Morgan fingerprint density at radius 1 is 1.30 bits per heavy atom. The zero-order valence-electron chi connectivity index (χ0n) is 15.0. The Labute approximate surface area is 141 Å². The summed E-state index contributed by atoms with van der Waals surface area (Å²) < 4.78 is 5.73. The molecule has 130 valence electrons. The van der Waals surface area contributed by atoms with Crippen LogP contribution in [0.3, 0.4) is 0 Å². The van der Waals surface area contributed by atoms with Crippen LogP contribution in [0, 0.1) is 23.7 Å². The number of hydrogen-bond acceptors (Lipinski definition) is 2. The fourth-order valence-electron chi connectivity index (χ4n) is 3.82. The summed E-state index contributed by atoms with van der Waals surface area (Å²) in [6.45, 7) is 7.28. The lowest BCUT2D eigenvalue weighted by atomic mass is 9.75. The van der Waals surface area contributed by atoms with Crippen LogP contribution in [0.15, 0.2) is 24.3 Å². The molecule has 4 unspecified atom stereocenters. The Morgan fingerprint density at radius 2 is 2.13 bits per heavy atom. The average Bonchev–Trinajstić information content (AvgIpc) is 2.52. The molecule has 0 aliphatic heterocycles. The monoisotopic (exact) mass is 319 g/mol. The third-order valence-corrected chi connectivity index (χ3v) is 5.30. The summed E-state index contributed by atoms with van der Waals surface area (Å²) >= 11 is 0. The van der Waals surface area contributed by atoms with Crippen molar-refractivity contribution in [2.24, 2.45) is 23.7 Å². The smallest absolute Gasteiger partial charge is 0.407 e. The molecule has 3 heteroatoms. The summed E-state index contributed by atoms with van der Waals surface area (Å²) in [6, 6.07) is 0. The van der Waals surface area contributed by atoms with Gasteiger partial charge in [0.25, 0.3) is 0 Å². The predicted molar refractivity (Wildman–Crippen MR) is 95.2 cm³/mol. The fraction of sp³-hybridized carbons (Fsp3) is 0.750. The van der Waals surface area contributed by atoms with E-state index in [1.54, 1.807) is 0 Å². The minimum atomic E-state index is -0.261. The number of amides is 1. The molecular formula is C20H33NO2. The molecule has 1 N–H and O–H groups in total. The number of carbonyl (C=O) groups excluding carboxylic acids is 1. The molecule has 23 heavy (non-hydrogen) atoms. The van der Waals surface area contributed by atoms with Gasteiger partial charge in [-0.1, -0.05) is 51.5 Å². The molecule has 0 saturated heterocycles. The Balaban J connectivity index is 1.72. The van der Waals surface area contributed by atoms with Crippen molar-refractivity contribution < 1.29 is 9.53 Å². The summed E-state index contributed by atoms with van der Waals surface area (Å²) in [5.41, 5.74) is 0. The number of hydrogen-bond donors (Lipinski definition) is 1. The normalized spacial score (nSPS) is 31.5. The molecule has 2 rings (SSSR count). The highest BCUT2D eigenvalue weighted by Gasteiger charge is 2.33. The molecule has 1 amide bonds. The summed E-state index contributed by atoms with van der Waals surface area (Å²) in [7, 11) is 0. The largest absolute Gasteiger partial charge is 0.446 e. The van der Waals surface area contributed by atoms with Gasteiger partial charge in [-0.3, -0.25) is 0 Å². The van der Waals surface area contributed by atoms with Crippen molar-refractivity contribution in [1.82, 2.24) is 5.32 Å². The zero-order chi connectivity index (χ0) is 16.7. The second-order valence-electron chi connectivity index (χ2n) is 7.62. The van der Waals surface area contributed by atoms with E-state index < -0.39 is 0 Å². The lowest BCUT2D eigenvalue weighted by molar-refractivity contribution is 0.00660. The predicted octanol–water partition coefficient (Wildman–Crippen LogP) is 5.09. The quantitative estimate of drug-likeness (QED) is 0.717. The molecule has 1 saturated carbocycles. The van der Waals surface area contributed by atoms with Crippen LogP contribution in [0.2, 0.25) is 0 Å². The fourth-order valence-corrected chi connectivity index (χ4v) is 3.82. The second-order valence-corrected chi connectivity index (χ2v) is 7.62. The summed E-state index contributed by atoms with van der Waals surface area (Å²) in [5.74, 6) is 2.35. The van der Waals surface area contributed by atoms with Crippen molar-refractivity contribution >= 4 is 6.09 Å². The van der Waals surface area contributed by atoms with E-state index in [2.05, 4.69) is 50.4 Å². The summed E-state index contributed by atoms with van der Waals surface area (Å²) in [4.78, 5) is 12.1. The first-order valence-electron chi connectivity index (χ1n) is 9.32. The molecule has 3 nitrogen and oxygen atoms in total. The number of allylic oxidation sites excluding steroid dienone is 3. The van der Waals surface area contributed by atoms with Crippen molar-refractivity contribution in [3.63, 3.8) is 0 Å². The molecule has 0 spiro atoms. The van der Waals surface area contributed by atoms with Crippen molar-refractivity contribution in [3.8, 4) is 0 Å². The Hall–Kier alpha value is -1.25. The zero-order valence-corrected chi connectivity index (χ0v) is 15.0. The van der Waals surface area contributed by atoms with Crippen LogP contribution in [0.4, 0.5) is 4.79 Å². The molecule has 2 aliphatic carbocycles. The highest BCUT2D eigenvalue weighted by molar-refractivity contribution is 5.67. The third kappa shape index (κ3) is 6.04. The van der Waals surface area contributed by atoms with E-state index in [1.807, 2.05) is 0 Å². The molecule has 0 aromatic heterocycles. The maximum atomic E-state index is 12.1. The number of rotatable bonds is 5. The van der Waals surface area contributed by atoms with Gasteiger partial charge in [-0.2, -0.15) is 0 Å². The average molecular weight is 319 g/mol. The SMILES string of the molecule is CC1CCC(C(C)C)C(OC(=O)NC/C=C/C2CC=CCC2)C1. The van der Waals surface area contributed by atoms with Gasteiger partial charge in [0.05, 0.1) is 0 Å². The molecule has 2 aliphatic rings. The van der Waals surface area contributed by atoms with E-state index in [4.69, 9.17) is 4.74 Å². The molecule has 4 atom stereocenters. The summed E-state index contributed by atoms with van der Waals surface area (Å²) in [5, 5.41) is 2.88. The van der Waals surface area contributed by atoms with E-state index in [0.29, 0.717) is 30.2 Å². The first-order chi connectivity index (χ1) is 11.1. The first kappa shape index (κ1) is 18.1. The molecule has 0 bridgehead atoms. The van der Waals surface area contributed by atoms with Gasteiger partial charge in [0, 0.05) is 6.54 Å².